The molecular weight excluding hydrogens is 426 g/mol. The van der Waals surface area contributed by atoms with Crippen molar-refractivity contribution in [2.45, 2.75) is 13.8 Å². The maximum Gasteiger partial charge on any atom is 0.259 e. The number of benzene rings is 3. The summed E-state index contributed by atoms with van der Waals surface area (Å²) in [5.41, 5.74) is 3.67. The van der Waals surface area contributed by atoms with Crippen LogP contribution in [0.4, 0.5) is 11.4 Å². The highest BCUT2D eigenvalue weighted by molar-refractivity contribution is 6.06. The standard InChI is InChI=1S/C28H33N3O3/c1-3-30-15-17-31(18-16-30)26-14-13-23(21-22(26)2)29-28(32)25-11-7-8-12-27(25)34-20-19-33-24-9-5-4-6-10-24/h4-14,21H,3,15-20H2,1-2H3,(H,29,32). The van der Waals surface area contributed by atoms with E-state index in [0.29, 0.717) is 24.5 Å². The van der Waals surface area contributed by atoms with E-state index in [-0.39, 0.29) is 5.91 Å². The number of likely N-dealkylation sites (N-methyl/N-ethyl adjacent to an activating group) is 1. The maximum atomic E-state index is 13.0. The summed E-state index contributed by atoms with van der Waals surface area (Å²) in [6.45, 7) is 10.4. The molecule has 3 aromatic carbocycles. The van der Waals surface area contributed by atoms with Crippen molar-refractivity contribution in [3.05, 3.63) is 83.9 Å². The van der Waals surface area contributed by atoms with Crippen LogP contribution in [0.1, 0.15) is 22.8 Å². The molecule has 1 heterocycles. The third kappa shape index (κ3) is 6.08. The van der Waals surface area contributed by atoms with Gasteiger partial charge in [0.1, 0.15) is 24.7 Å². The van der Waals surface area contributed by atoms with Gasteiger partial charge in [0.25, 0.3) is 5.91 Å². The van der Waals surface area contributed by atoms with Crippen LogP contribution in [-0.2, 0) is 0 Å². The predicted molar refractivity (Wildman–Crippen MR) is 137 cm³/mol. The molecule has 0 aromatic heterocycles. The van der Waals surface area contributed by atoms with Crippen LogP contribution in [0.5, 0.6) is 11.5 Å². The Morgan fingerprint density at radius 2 is 1.59 bits per heavy atom. The highest BCUT2D eigenvalue weighted by atomic mass is 16.5. The average Bonchev–Trinajstić information content (AvgIpc) is 2.88. The van der Waals surface area contributed by atoms with Crippen molar-refractivity contribution in [2.75, 3.05) is 56.2 Å². The number of hydrogen-bond donors (Lipinski definition) is 1. The molecule has 1 fully saturated rings. The van der Waals surface area contributed by atoms with Crippen molar-refractivity contribution in [2.24, 2.45) is 0 Å². The minimum absolute atomic E-state index is 0.191. The fourth-order valence-electron chi connectivity index (χ4n) is 4.20. The third-order valence-electron chi connectivity index (χ3n) is 6.10. The number of nitrogens with zero attached hydrogens (tertiary/aromatic N) is 2. The molecule has 4 rings (SSSR count). The highest BCUT2D eigenvalue weighted by Crippen LogP contribution is 2.26. The summed E-state index contributed by atoms with van der Waals surface area (Å²) < 4.78 is 11.5. The number of hydrogen-bond acceptors (Lipinski definition) is 5. The first-order valence-electron chi connectivity index (χ1n) is 11.9. The van der Waals surface area contributed by atoms with Crippen molar-refractivity contribution in [1.29, 1.82) is 0 Å². The van der Waals surface area contributed by atoms with Crippen LogP contribution in [-0.4, -0.2) is 56.7 Å². The minimum atomic E-state index is -0.191. The smallest absolute Gasteiger partial charge is 0.259 e. The van der Waals surface area contributed by atoms with Gasteiger partial charge in [-0.1, -0.05) is 37.3 Å². The fraction of sp³-hybridized carbons (Fsp3) is 0.321. The Kier molecular flexibility index (Phi) is 8.04. The topological polar surface area (TPSA) is 54.0 Å². The molecule has 34 heavy (non-hydrogen) atoms. The first-order valence-corrected chi connectivity index (χ1v) is 11.9. The Labute approximate surface area is 202 Å². The number of ether oxygens (including phenoxy) is 2. The summed E-state index contributed by atoms with van der Waals surface area (Å²) in [6.07, 6.45) is 0. The number of piperazine rings is 1. The fourth-order valence-corrected chi connectivity index (χ4v) is 4.20. The molecule has 1 amide bonds. The Hall–Kier alpha value is -3.51. The molecule has 178 valence electrons. The molecule has 1 N–H and O–H groups in total. The normalized spacial score (nSPS) is 14.0. The predicted octanol–water partition coefficient (Wildman–Crippen LogP) is 4.85. The number of para-hydroxylation sites is 2. The lowest BCUT2D eigenvalue weighted by atomic mass is 10.1. The lowest BCUT2D eigenvalue weighted by Crippen LogP contribution is -2.46. The van der Waals surface area contributed by atoms with Gasteiger partial charge < -0.3 is 24.6 Å². The molecule has 0 aliphatic carbocycles. The van der Waals surface area contributed by atoms with Crippen molar-refractivity contribution in [3.8, 4) is 11.5 Å². The van der Waals surface area contributed by atoms with Crippen LogP contribution in [0.15, 0.2) is 72.8 Å². The van der Waals surface area contributed by atoms with E-state index in [1.54, 1.807) is 6.07 Å². The van der Waals surface area contributed by atoms with Gasteiger partial charge in [-0.15, -0.1) is 0 Å². The Morgan fingerprint density at radius 1 is 0.882 bits per heavy atom. The van der Waals surface area contributed by atoms with Gasteiger partial charge in [-0.25, -0.2) is 0 Å². The second-order valence-electron chi connectivity index (χ2n) is 8.38. The molecule has 0 spiro atoms. The summed E-state index contributed by atoms with van der Waals surface area (Å²) in [4.78, 5) is 17.9. The van der Waals surface area contributed by atoms with Crippen LogP contribution in [0.3, 0.4) is 0 Å². The molecule has 0 bridgehead atoms. The van der Waals surface area contributed by atoms with E-state index in [1.165, 1.54) is 5.69 Å². The Balaban J connectivity index is 1.35. The van der Waals surface area contributed by atoms with E-state index in [1.807, 2.05) is 60.7 Å². The van der Waals surface area contributed by atoms with Crippen LogP contribution >= 0.6 is 0 Å². The van der Waals surface area contributed by atoms with Gasteiger partial charge in [-0.2, -0.15) is 0 Å². The maximum absolute atomic E-state index is 13.0. The van der Waals surface area contributed by atoms with Gasteiger partial charge in [-0.05, 0) is 61.5 Å². The Morgan fingerprint density at radius 3 is 2.32 bits per heavy atom. The van der Waals surface area contributed by atoms with Gasteiger partial charge in [0.15, 0.2) is 0 Å². The van der Waals surface area contributed by atoms with Gasteiger partial charge in [0.2, 0.25) is 0 Å². The first kappa shape index (κ1) is 23.6. The van der Waals surface area contributed by atoms with Crippen LogP contribution in [0.25, 0.3) is 0 Å². The van der Waals surface area contributed by atoms with E-state index in [9.17, 15) is 4.79 Å². The number of amides is 1. The van der Waals surface area contributed by atoms with Crippen LogP contribution < -0.4 is 19.7 Å². The number of anilines is 2. The second kappa shape index (κ2) is 11.6. The zero-order valence-corrected chi connectivity index (χ0v) is 20.0. The molecule has 1 aliphatic rings. The summed E-state index contributed by atoms with van der Waals surface area (Å²) in [6, 6.07) is 23.0. The summed E-state index contributed by atoms with van der Waals surface area (Å²) in [5.74, 6) is 1.14. The van der Waals surface area contributed by atoms with E-state index < -0.39 is 0 Å². The van der Waals surface area contributed by atoms with Gasteiger partial charge in [-0.3, -0.25) is 4.79 Å². The van der Waals surface area contributed by atoms with Gasteiger partial charge in [0, 0.05) is 37.6 Å². The minimum Gasteiger partial charge on any atom is -0.490 e. The molecule has 1 aliphatic heterocycles. The second-order valence-corrected chi connectivity index (χ2v) is 8.38. The number of aryl methyl sites for hydroxylation is 1. The van der Waals surface area contributed by atoms with Crippen molar-refractivity contribution >= 4 is 17.3 Å². The number of nitrogens with one attached hydrogen (secondary N) is 1. The molecule has 3 aromatic rings. The number of rotatable bonds is 9. The number of carbonyl (C=O) groups is 1. The zero-order valence-electron chi connectivity index (χ0n) is 20.0. The molecule has 6 heteroatoms. The zero-order chi connectivity index (χ0) is 23.8. The third-order valence-corrected chi connectivity index (χ3v) is 6.10. The summed E-state index contributed by atoms with van der Waals surface area (Å²) in [5, 5.41) is 3.03. The molecular formula is C28H33N3O3. The molecule has 0 unspecified atom stereocenters. The van der Waals surface area contributed by atoms with E-state index in [4.69, 9.17) is 9.47 Å². The van der Waals surface area contributed by atoms with E-state index in [0.717, 1.165) is 49.7 Å². The first-order chi connectivity index (χ1) is 16.6. The molecule has 1 saturated heterocycles. The molecule has 0 radical (unpaired) electrons. The van der Waals surface area contributed by atoms with Gasteiger partial charge in [0.05, 0.1) is 5.56 Å². The van der Waals surface area contributed by atoms with Crippen molar-refractivity contribution in [1.82, 2.24) is 4.90 Å². The molecule has 0 saturated carbocycles. The highest BCUT2D eigenvalue weighted by Gasteiger charge is 2.18. The molecule has 6 nitrogen and oxygen atoms in total. The van der Waals surface area contributed by atoms with E-state index >= 15 is 0 Å². The monoisotopic (exact) mass is 459 g/mol. The Bertz CT molecular complexity index is 1080. The number of carbonyl (C=O) groups excluding carboxylic acids is 1. The van der Waals surface area contributed by atoms with Crippen LogP contribution in [0.2, 0.25) is 0 Å². The lowest BCUT2D eigenvalue weighted by Gasteiger charge is -2.36. The largest absolute Gasteiger partial charge is 0.490 e. The molecule has 0 atom stereocenters. The SMILES string of the molecule is CCN1CCN(c2ccc(NC(=O)c3ccccc3OCCOc3ccccc3)cc2C)CC1. The van der Waals surface area contributed by atoms with Gasteiger partial charge >= 0.3 is 0 Å². The van der Waals surface area contributed by atoms with Crippen LogP contribution in [0, 0.1) is 6.92 Å². The summed E-state index contributed by atoms with van der Waals surface area (Å²) >= 11 is 0. The summed E-state index contributed by atoms with van der Waals surface area (Å²) in [7, 11) is 0. The van der Waals surface area contributed by atoms with Crippen molar-refractivity contribution in [3.63, 3.8) is 0 Å². The quantitative estimate of drug-likeness (QED) is 0.464. The van der Waals surface area contributed by atoms with Crippen molar-refractivity contribution < 1.29 is 14.3 Å². The lowest BCUT2D eigenvalue weighted by molar-refractivity contribution is 0.102. The van der Waals surface area contributed by atoms with E-state index in [2.05, 4.69) is 35.0 Å². The average molecular weight is 460 g/mol.